The molecule has 3 amide bonds. The number of rotatable bonds is 8. The second-order valence-corrected chi connectivity index (χ2v) is 5.53. The largest absolute Gasteiger partial charge is 0.459 e. The molecule has 9 nitrogen and oxygen atoms in total. The molecular formula is C15H18F3N5O4. The summed E-state index contributed by atoms with van der Waals surface area (Å²) in [7, 11) is 0. The van der Waals surface area contributed by atoms with Crippen LogP contribution in [0.5, 0.6) is 0 Å². The highest BCUT2D eigenvalue weighted by atomic mass is 19.4. The lowest BCUT2D eigenvalue weighted by Crippen LogP contribution is -2.46. The van der Waals surface area contributed by atoms with Crippen LogP contribution in [0.4, 0.5) is 18.0 Å². The number of halogens is 3. The third kappa shape index (κ3) is 7.09. The molecule has 0 saturated heterocycles. The van der Waals surface area contributed by atoms with Gasteiger partial charge in [-0.2, -0.15) is 13.2 Å². The second-order valence-electron chi connectivity index (χ2n) is 5.53. The van der Waals surface area contributed by atoms with Crippen LogP contribution >= 0.6 is 0 Å². The molecule has 148 valence electrons. The van der Waals surface area contributed by atoms with Crippen molar-refractivity contribution in [1.82, 2.24) is 25.7 Å². The first kappa shape index (κ1) is 20.4. The molecule has 0 aliphatic carbocycles. The van der Waals surface area contributed by atoms with Crippen molar-refractivity contribution in [1.29, 1.82) is 0 Å². The maximum Gasteiger partial charge on any atom is 0.405 e. The first-order valence-corrected chi connectivity index (χ1v) is 8.00. The summed E-state index contributed by atoms with van der Waals surface area (Å²) in [4.78, 5) is 24.8. The SMILES string of the molecule is CCCN(CC(=O)NC(=O)NCC(F)(F)F)Cc1nnc(-c2ccco2)o1. The van der Waals surface area contributed by atoms with Crippen molar-refractivity contribution in [2.75, 3.05) is 19.6 Å². The van der Waals surface area contributed by atoms with Gasteiger partial charge in [0.1, 0.15) is 6.54 Å². The number of hydrogen-bond donors (Lipinski definition) is 2. The standard InChI is InChI=1S/C15H18F3N5O4/c1-2-5-23(7-11(24)20-14(25)19-9-15(16,17)18)8-12-21-22-13(27-12)10-4-3-6-26-10/h3-4,6H,2,5,7-9H2,1H3,(H2,19,20,24,25). The fourth-order valence-corrected chi connectivity index (χ4v) is 2.13. The van der Waals surface area contributed by atoms with Crippen molar-refractivity contribution in [3.05, 3.63) is 24.3 Å². The molecular weight excluding hydrogens is 371 g/mol. The number of hydrogen-bond acceptors (Lipinski definition) is 7. The molecule has 0 fully saturated rings. The molecule has 0 saturated carbocycles. The molecule has 12 heteroatoms. The van der Waals surface area contributed by atoms with Gasteiger partial charge in [-0.15, -0.1) is 10.2 Å². The van der Waals surface area contributed by atoms with Gasteiger partial charge in [0.15, 0.2) is 5.76 Å². The van der Waals surface area contributed by atoms with Crippen molar-refractivity contribution >= 4 is 11.9 Å². The predicted octanol–water partition coefficient (Wildman–Crippen LogP) is 1.93. The molecule has 2 rings (SSSR count). The molecule has 2 N–H and O–H groups in total. The van der Waals surface area contributed by atoms with E-state index in [4.69, 9.17) is 8.83 Å². The predicted molar refractivity (Wildman–Crippen MR) is 85.2 cm³/mol. The minimum atomic E-state index is -4.56. The Bertz CT molecular complexity index is 745. The van der Waals surface area contributed by atoms with Gasteiger partial charge in [-0.3, -0.25) is 15.0 Å². The van der Waals surface area contributed by atoms with Crippen LogP contribution in [-0.2, 0) is 11.3 Å². The summed E-state index contributed by atoms with van der Waals surface area (Å²) in [6.45, 7) is 0.715. The molecule has 27 heavy (non-hydrogen) atoms. The van der Waals surface area contributed by atoms with Crippen molar-refractivity contribution in [3.8, 4) is 11.7 Å². The number of nitrogens with one attached hydrogen (secondary N) is 2. The minimum Gasteiger partial charge on any atom is -0.459 e. The Kier molecular flexibility index (Phi) is 6.93. The Labute approximate surface area is 151 Å². The van der Waals surface area contributed by atoms with E-state index in [-0.39, 0.29) is 24.9 Å². The number of carbonyl (C=O) groups excluding carboxylic acids is 2. The van der Waals surface area contributed by atoms with Crippen LogP contribution in [0.15, 0.2) is 27.2 Å². The summed E-state index contributed by atoms with van der Waals surface area (Å²) in [5, 5.41) is 11.1. The smallest absolute Gasteiger partial charge is 0.405 e. The molecule has 0 radical (unpaired) electrons. The van der Waals surface area contributed by atoms with Crippen LogP contribution in [0.3, 0.4) is 0 Å². The van der Waals surface area contributed by atoms with Crippen LogP contribution in [0.25, 0.3) is 11.7 Å². The molecule has 0 aromatic carbocycles. The van der Waals surface area contributed by atoms with Crippen LogP contribution in [0.1, 0.15) is 19.2 Å². The third-order valence-corrected chi connectivity index (χ3v) is 3.17. The number of furan rings is 1. The zero-order chi connectivity index (χ0) is 19.9. The van der Waals surface area contributed by atoms with E-state index in [0.717, 1.165) is 0 Å². The number of amides is 3. The Morgan fingerprint density at radius 1 is 1.30 bits per heavy atom. The number of aromatic nitrogens is 2. The van der Waals surface area contributed by atoms with E-state index in [1.807, 2.05) is 12.2 Å². The Hall–Kier alpha value is -2.89. The van der Waals surface area contributed by atoms with Crippen molar-refractivity contribution < 1.29 is 31.6 Å². The van der Waals surface area contributed by atoms with Crippen molar-refractivity contribution in [2.45, 2.75) is 26.1 Å². The van der Waals surface area contributed by atoms with Crippen molar-refractivity contribution in [3.63, 3.8) is 0 Å². The highest BCUT2D eigenvalue weighted by Gasteiger charge is 2.28. The van der Waals surface area contributed by atoms with Gasteiger partial charge >= 0.3 is 12.2 Å². The maximum atomic E-state index is 12.0. The number of imide groups is 1. The summed E-state index contributed by atoms with van der Waals surface area (Å²) in [6, 6.07) is 2.09. The zero-order valence-corrected chi connectivity index (χ0v) is 14.4. The van der Waals surface area contributed by atoms with E-state index in [9.17, 15) is 22.8 Å². The molecule has 2 heterocycles. The van der Waals surface area contributed by atoms with E-state index >= 15 is 0 Å². The van der Waals surface area contributed by atoms with Gasteiger partial charge in [0, 0.05) is 0 Å². The van der Waals surface area contributed by atoms with Gasteiger partial charge in [0.05, 0.1) is 19.4 Å². The van der Waals surface area contributed by atoms with Crippen LogP contribution in [0, 0.1) is 0 Å². The fourth-order valence-electron chi connectivity index (χ4n) is 2.13. The Morgan fingerprint density at radius 3 is 2.70 bits per heavy atom. The lowest BCUT2D eigenvalue weighted by atomic mass is 10.3. The lowest BCUT2D eigenvalue weighted by molar-refractivity contribution is -0.125. The average Bonchev–Trinajstić information content (AvgIpc) is 3.23. The van der Waals surface area contributed by atoms with Gasteiger partial charge in [-0.25, -0.2) is 4.79 Å². The first-order chi connectivity index (χ1) is 12.8. The van der Waals surface area contributed by atoms with Gasteiger partial charge < -0.3 is 14.2 Å². The van der Waals surface area contributed by atoms with Crippen LogP contribution < -0.4 is 10.6 Å². The average molecular weight is 389 g/mol. The first-order valence-electron chi connectivity index (χ1n) is 8.00. The molecule has 0 spiro atoms. The molecule has 0 bridgehead atoms. The highest BCUT2D eigenvalue weighted by molar-refractivity contribution is 5.95. The van der Waals surface area contributed by atoms with Gasteiger partial charge in [0.25, 0.3) is 5.89 Å². The van der Waals surface area contributed by atoms with E-state index in [1.54, 1.807) is 22.3 Å². The zero-order valence-electron chi connectivity index (χ0n) is 14.4. The number of carbonyl (C=O) groups is 2. The molecule has 2 aromatic heterocycles. The Balaban J connectivity index is 1.87. The molecule has 2 aromatic rings. The monoisotopic (exact) mass is 389 g/mol. The van der Waals surface area contributed by atoms with E-state index in [1.165, 1.54) is 6.26 Å². The maximum absolute atomic E-state index is 12.0. The number of urea groups is 1. The minimum absolute atomic E-state index is 0.124. The number of alkyl halides is 3. The molecule has 0 atom stereocenters. The van der Waals surface area contributed by atoms with Crippen molar-refractivity contribution in [2.24, 2.45) is 0 Å². The van der Waals surface area contributed by atoms with E-state index < -0.39 is 24.7 Å². The van der Waals surface area contributed by atoms with Crippen LogP contribution in [0.2, 0.25) is 0 Å². The summed E-state index contributed by atoms with van der Waals surface area (Å²) in [6.07, 6.45) is -2.41. The fraction of sp³-hybridized carbons (Fsp3) is 0.467. The quantitative estimate of drug-likeness (QED) is 0.709. The van der Waals surface area contributed by atoms with Gasteiger partial charge in [-0.1, -0.05) is 6.92 Å². The lowest BCUT2D eigenvalue weighted by Gasteiger charge is -2.19. The summed E-state index contributed by atoms with van der Waals surface area (Å²) >= 11 is 0. The van der Waals surface area contributed by atoms with E-state index in [2.05, 4.69) is 10.2 Å². The second kappa shape index (κ2) is 9.16. The third-order valence-electron chi connectivity index (χ3n) is 3.17. The normalized spacial score (nSPS) is 11.6. The molecule has 0 unspecified atom stereocenters. The summed E-state index contributed by atoms with van der Waals surface area (Å²) in [5.74, 6) is 0.0513. The molecule has 0 aliphatic rings. The van der Waals surface area contributed by atoms with Gasteiger partial charge in [0.2, 0.25) is 11.8 Å². The van der Waals surface area contributed by atoms with E-state index in [0.29, 0.717) is 18.7 Å². The Morgan fingerprint density at radius 2 is 2.07 bits per heavy atom. The highest BCUT2D eigenvalue weighted by Crippen LogP contribution is 2.18. The number of nitrogens with zero attached hydrogens (tertiary/aromatic N) is 3. The molecule has 0 aliphatic heterocycles. The topological polar surface area (TPSA) is 114 Å². The summed E-state index contributed by atoms with van der Waals surface area (Å²) < 4.78 is 46.7. The van der Waals surface area contributed by atoms with Gasteiger partial charge in [-0.05, 0) is 25.1 Å². The summed E-state index contributed by atoms with van der Waals surface area (Å²) in [5.41, 5.74) is 0. The van der Waals surface area contributed by atoms with Crippen LogP contribution in [-0.4, -0.2) is 52.8 Å².